The summed E-state index contributed by atoms with van der Waals surface area (Å²) in [5.41, 5.74) is 1.94. The molecule has 2 nitrogen and oxygen atoms in total. The zero-order valence-electron chi connectivity index (χ0n) is 11.2. The average molecular weight is 324 g/mol. The maximum atomic E-state index is 12.7. The van der Waals surface area contributed by atoms with Crippen molar-refractivity contribution in [3.8, 4) is 0 Å². The standard InChI is InChI=1S/C15H14ClNOS2/c1-9(2)17-8-10(11-5-6-13(16)20-11)14(15(17)18)12-4-3-7-19-12/h3-7,9H,8H2,1-2H3. The molecule has 3 rings (SSSR count). The van der Waals surface area contributed by atoms with Crippen molar-refractivity contribution in [2.75, 3.05) is 6.54 Å². The SMILES string of the molecule is CC(C)N1CC(c2ccc(Cl)s2)=C(c2cccs2)C1=O. The van der Waals surface area contributed by atoms with Crippen LogP contribution in [0.5, 0.6) is 0 Å². The van der Waals surface area contributed by atoms with Gasteiger partial charge in [-0.1, -0.05) is 17.7 Å². The van der Waals surface area contributed by atoms with Gasteiger partial charge in [0.15, 0.2) is 0 Å². The molecule has 0 aromatic carbocycles. The first-order valence-corrected chi connectivity index (χ1v) is 8.49. The Morgan fingerprint density at radius 3 is 2.60 bits per heavy atom. The van der Waals surface area contributed by atoms with Crippen LogP contribution in [0.4, 0.5) is 0 Å². The highest BCUT2D eigenvalue weighted by molar-refractivity contribution is 7.17. The number of hydrogen-bond donors (Lipinski definition) is 0. The van der Waals surface area contributed by atoms with Gasteiger partial charge in [0.05, 0.1) is 9.91 Å². The van der Waals surface area contributed by atoms with Crippen LogP contribution in [0.1, 0.15) is 23.6 Å². The quantitative estimate of drug-likeness (QED) is 0.806. The van der Waals surface area contributed by atoms with E-state index < -0.39 is 0 Å². The second-order valence-electron chi connectivity index (χ2n) is 4.96. The molecule has 0 bridgehead atoms. The van der Waals surface area contributed by atoms with E-state index in [1.54, 1.807) is 11.3 Å². The van der Waals surface area contributed by atoms with Crippen molar-refractivity contribution in [1.82, 2.24) is 4.90 Å². The van der Waals surface area contributed by atoms with Gasteiger partial charge in [0.2, 0.25) is 0 Å². The van der Waals surface area contributed by atoms with E-state index >= 15 is 0 Å². The number of thiophene rings is 2. The first kappa shape index (κ1) is 13.9. The van der Waals surface area contributed by atoms with Crippen LogP contribution >= 0.6 is 34.3 Å². The molecular weight excluding hydrogens is 310 g/mol. The lowest BCUT2D eigenvalue weighted by Gasteiger charge is -2.21. The fourth-order valence-electron chi connectivity index (χ4n) is 2.36. The lowest BCUT2D eigenvalue weighted by atomic mass is 10.1. The van der Waals surface area contributed by atoms with Gasteiger partial charge < -0.3 is 4.90 Å². The van der Waals surface area contributed by atoms with E-state index in [0.29, 0.717) is 6.54 Å². The van der Waals surface area contributed by atoms with Crippen molar-refractivity contribution in [3.05, 3.63) is 43.7 Å². The summed E-state index contributed by atoms with van der Waals surface area (Å²) in [6.45, 7) is 4.77. The summed E-state index contributed by atoms with van der Waals surface area (Å²) in [7, 11) is 0. The van der Waals surface area contributed by atoms with Crippen molar-refractivity contribution < 1.29 is 4.79 Å². The molecular formula is C15H14ClNOS2. The smallest absolute Gasteiger partial charge is 0.256 e. The van der Waals surface area contributed by atoms with Crippen LogP contribution in [0.2, 0.25) is 4.34 Å². The van der Waals surface area contributed by atoms with E-state index in [-0.39, 0.29) is 11.9 Å². The molecule has 20 heavy (non-hydrogen) atoms. The molecule has 0 N–H and O–H groups in total. The first-order chi connectivity index (χ1) is 9.58. The number of carbonyl (C=O) groups excluding carboxylic acids is 1. The summed E-state index contributed by atoms with van der Waals surface area (Å²) < 4.78 is 0.758. The van der Waals surface area contributed by atoms with Crippen LogP contribution in [0.15, 0.2) is 29.6 Å². The fourth-order valence-corrected chi connectivity index (χ4v) is 4.24. The maximum absolute atomic E-state index is 12.7. The largest absolute Gasteiger partial charge is 0.332 e. The van der Waals surface area contributed by atoms with Crippen molar-refractivity contribution in [2.45, 2.75) is 19.9 Å². The van der Waals surface area contributed by atoms with Crippen molar-refractivity contribution in [3.63, 3.8) is 0 Å². The van der Waals surface area contributed by atoms with Gasteiger partial charge in [-0.2, -0.15) is 0 Å². The van der Waals surface area contributed by atoms with Gasteiger partial charge in [-0.25, -0.2) is 0 Å². The number of carbonyl (C=O) groups is 1. The van der Waals surface area contributed by atoms with Gasteiger partial charge in [0.25, 0.3) is 5.91 Å². The number of halogens is 1. The summed E-state index contributed by atoms with van der Waals surface area (Å²) in [5, 5.41) is 2.01. The van der Waals surface area contributed by atoms with Crippen LogP contribution < -0.4 is 0 Å². The predicted molar refractivity (Wildman–Crippen MR) is 87.3 cm³/mol. The Morgan fingerprint density at radius 1 is 1.25 bits per heavy atom. The van der Waals surface area contributed by atoms with E-state index in [2.05, 4.69) is 0 Å². The molecule has 104 valence electrons. The normalized spacial score (nSPS) is 15.8. The third-order valence-electron chi connectivity index (χ3n) is 3.37. The van der Waals surface area contributed by atoms with Gasteiger partial charge in [0, 0.05) is 27.9 Å². The fraction of sp³-hybridized carbons (Fsp3) is 0.267. The second kappa shape index (κ2) is 5.35. The lowest BCUT2D eigenvalue weighted by Crippen LogP contribution is -2.33. The second-order valence-corrected chi connectivity index (χ2v) is 7.62. The third-order valence-corrected chi connectivity index (χ3v) is 5.54. The Hall–Kier alpha value is -1.10. The molecule has 1 aliphatic heterocycles. The van der Waals surface area contributed by atoms with Crippen molar-refractivity contribution in [2.24, 2.45) is 0 Å². The average Bonchev–Trinajstić information content (AvgIpc) is 3.07. The molecule has 1 amide bonds. The topological polar surface area (TPSA) is 20.3 Å². The van der Waals surface area contributed by atoms with Crippen molar-refractivity contribution in [1.29, 1.82) is 0 Å². The summed E-state index contributed by atoms with van der Waals surface area (Å²) in [4.78, 5) is 16.7. The summed E-state index contributed by atoms with van der Waals surface area (Å²) in [5.74, 6) is 0.127. The Bertz CT molecular complexity index is 670. The minimum Gasteiger partial charge on any atom is -0.332 e. The van der Waals surface area contributed by atoms with Crippen molar-refractivity contribution >= 4 is 51.3 Å². The highest BCUT2D eigenvalue weighted by Gasteiger charge is 2.34. The third kappa shape index (κ3) is 2.32. The van der Waals surface area contributed by atoms with Crippen LogP contribution in [-0.4, -0.2) is 23.4 Å². The number of rotatable bonds is 3. The molecule has 0 aliphatic carbocycles. The van der Waals surface area contributed by atoms with Crippen LogP contribution in [0, 0.1) is 0 Å². The zero-order chi connectivity index (χ0) is 14.3. The van der Waals surface area contributed by atoms with Crippen LogP contribution in [0.3, 0.4) is 0 Å². The van der Waals surface area contributed by atoms with Crippen LogP contribution in [0.25, 0.3) is 11.1 Å². The Morgan fingerprint density at radius 2 is 2.05 bits per heavy atom. The molecule has 5 heteroatoms. The summed E-state index contributed by atoms with van der Waals surface area (Å²) >= 11 is 9.19. The molecule has 0 saturated carbocycles. The highest BCUT2D eigenvalue weighted by atomic mass is 35.5. The van der Waals surface area contributed by atoms with E-state index in [0.717, 1.165) is 25.2 Å². The molecule has 0 unspecified atom stereocenters. The molecule has 0 atom stereocenters. The van der Waals surface area contributed by atoms with Crippen LogP contribution in [-0.2, 0) is 4.79 Å². The Kier molecular flexibility index (Phi) is 3.71. The maximum Gasteiger partial charge on any atom is 0.256 e. The summed E-state index contributed by atoms with van der Waals surface area (Å²) in [6.07, 6.45) is 0. The van der Waals surface area contributed by atoms with E-state index in [1.165, 1.54) is 11.3 Å². The number of amides is 1. The van der Waals surface area contributed by atoms with E-state index in [1.807, 2.05) is 48.4 Å². The Labute approximate surface area is 131 Å². The van der Waals surface area contributed by atoms with Gasteiger partial charge in [0.1, 0.15) is 0 Å². The van der Waals surface area contributed by atoms with Gasteiger partial charge >= 0.3 is 0 Å². The predicted octanol–water partition coefficient (Wildman–Crippen LogP) is 4.62. The summed E-state index contributed by atoms with van der Waals surface area (Å²) in [6, 6.07) is 8.09. The van der Waals surface area contributed by atoms with Gasteiger partial charge in [-0.3, -0.25) is 4.79 Å². The van der Waals surface area contributed by atoms with Gasteiger partial charge in [-0.15, -0.1) is 22.7 Å². The molecule has 0 spiro atoms. The molecule has 0 saturated heterocycles. The van der Waals surface area contributed by atoms with E-state index in [9.17, 15) is 4.79 Å². The van der Waals surface area contributed by atoms with E-state index in [4.69, 9.17) is 11.6 Å². The molecule has 0 fully saturated rings. The molecule has 0 radical (unpaired) electrons. The molecule has 2 aromatic rings. The molecule has 1 aliphatic rings. The monoisotopic (exact) mass is 323 g/mol. The molecule has 3 heterocycles. The first-order valence-electron chi connectivity index (χ1n) is 6.41. The molecule has 2 aromatic heterocycles. The highest BCUT2D eigenvalue weighted by Crippen LogP contribution is 2.40. The number of nitrogens with zero attached hydrogens (tertiary/aromatic N) is 1. The Balaban J connectivity index is 2.12. The zero-order valence-corrected chi connectivity index (χ0v) is 13.6. The van der Waals surface area contributed by atoms with Gasteiger partial charge in [-0.05, 0) is 37.4 Å². The minimum absolute atomic E-state index is 0.127. The minimum atomic E-state index is 0.127. The number of hydrogen-bond acceptors (Lipinski definition) is 3. The lowest BCUT2D eigenvalue weighted by molar-refractivity contribution is -0.125.